The van der Waals surface area contributed by atoms with Crippen molar-refractivity contribution in [3.63, 3.8) is 0 Å². The van der Waals surface area contributed by atoms with Crippen molar-refractivity contribution in [2.45, 2.75) is 26.8 Å². The third kappa shape index (κ3) is 5.23. The fourth-order valence-electron chi connectivity index (χ4n) is 2.28. The van der Waals surface area contributed by atoms with Gasteiger partial charge < -0.3 is 15.5 Å². The predicted octanol–water partition coefficient (Wildman–Crippen LogP) is 2.73. The summed E-state index contributed by atoms with van der Waals surface area (Å²) in [7, 11) is 5.90. The lowest BCUT2D eigenvalue weighted by atomic mass is 10.2. The summed E-state index contributed by atoms with van der Waals surface area (Å²) >= 11 is 1.77. The molecule has 0 amide bonds. The van der Waals surface area contributed by atoms with Crippen LogP contribution in [0, 0.1) is 13.8 Å². The zero-order valence-corrected chi connectivity index (χ0v) is 16.0. The van der Waals surface area contributed by atoms with E-state index in [1.54, 1.807) is 18.4 Å². The summed E-state index contributed by atoms with van der Waals surface area (Å²) in [5.41, 5.74) is 3.57. The third-order valence-corrected chi connectivity index (χ3v) is 4.95. The Morgan fingerprint density at radius 3 is 2.67 bits per heavy atom. The maximum atomic E-state index is 4.57. The fourth-order valence-corrected chi connectivity index (χ4v) is 3.22. The first kappa shape index (κ1) is 18.3. The summed E-state index contributed by atoms with van der Waals surface area (Å²) in [5, 5.41) is 7.88. The van der Waals surface area contributed by atoms with Crippen molar-refractivity contribution >= 4 is 23.0 Å². The normalized spacial score (nSPS) is 11.5. The number of thiazole rings is 1. The number of hydrogen-bond acceptors (Lipinski definition) is 4. The lowest BCUT2D eigenvalue weighted by molar-refractivity contribution is 0.790. The van der Waals surface area contributed by atoms with Gasteiger partial charge in [-0.15, -0.1) is 11.3 Å². The molecular weight excluding hydrogens is 318 g/mol. The summed E-state index contributed by atoms with van der Waals surface area (Å²) in [5.74, 6) is 0.815. The highest BCUT2D eigenvalue weighted by Gasteiger charge is 2.04. The van der Waals surface area contributed by atoms with Gasteiger partial charge in [-0.25, -0.2) is 4.98 Å². The molecular formula is C18H27N5S. The second kappa shape index (κ2) is 8.68. The number of rotatable bonds is 6. The highest BCUT2D eigenvalue weighted by molar-refractivity contribution is 7.11. The van der Waals surface area contributed by atoms with E-state index in [1.807, 2.05) is 0 Å². The molecule has 0 bridgehead atoms. The molecule has 0 aliphatic rings. The molecule has 1 heterocycles. The van der Waals surface area contributed by atoms with E-state index >= 15 is 0 Å². The molecule has 5 nitrogen and oxygen atoms in total. The number of guanidine groups is 1. The molecule has 0 saturated heterocycles. The van der Waals surface area contributed by atoms with Crippen LogP contribution in [-0.4, -0.2) is 38.6 Å². The number of aryl methyl sites for hydroxylation is 2. The fraction of sp³-hybridized carbons (Fsp3) is 0.444. The van der Waals surface area contributed by atoms with Crippen LogP contribution in [0.5, 0.6) is 0 Å². The van der Waals surface area contributed by atoms with Gasteiger partial charge in [0.15, 0.2) is 5.96 Å². The number of hydrogen-bond donors (Lipinski definition) is 2. The monoisotopic (exact) mass is 345 g/mol. The Labute approximate surface area is 148 Å². The van der Waals surface area contributed by atoms with Crippen molar-refractivity contribution in [3.05, 3.63) is 45.4 Å². The van der Waals surface area contributed by atoms with E-state index in [1.165, 1.54) is 21.1 Å². The van der Waals surface area contributed by atoms with Gasteiger partial charge in [0.25, 0.3) is 0 Å². The molecule has 2 N–H and O–H groups in total. The van der Waals surface area contributed by atoms with Crippen LogP contribution in [0.25, 0.3) is 0 Å². The molecule has 2 rings (SSSR count). The van der Waals surface area contributed by atoms with Gasteiger partial charge in [0, 0.05) is 51.2 Å². The Bertz CT molecular complexity index is 671. The van der Waals surface area contributed by atoms with Gasteiger partial charge in [0.1, 0.15) is 0 Å². The molecule has 6 heteroatoms. The van der Waals surface area contributed by atoms with Gasteiger partial charge >= 0.3 is 0 Å². The third-order valence-electron chi connectivity index (χ3n) is 3.81. The van der Waals surface area contributed by atoms with Gasteiger partial charge in [0.2, 0.25) is 0 Å². The topological polar surface area (TPSA) is 52.6 Å². The Hall–Kier alpha value is -2.08. The van der Waals surface area contributed by atoms with Crippen molar-refractivity contribution in [3.8, 4) is 0 Å². The minimum atomic E-state index is 0.747. The van der Waals surface area contributed by atoms with Crippen molar-refractivity contribution < 1.29 is 0 Å². The van der Waals surface area contributed by atoms with Crippen LogP contribution >= 0.6 is 11.3 Å². The van der Waals surface area contributed by atoms with Gasteiger partial charge in [-0.05, 0) is 31.5 Å². The molecule has 0 fully saturated rings. The van der Waals surface area contributed by atoms with Gasteiger partial charge in [-0.3, -0.25) is 4.99 Å². The maximum Gasteiger partial charge on any atom is 0.191 e. The number of nitrogens with zero attached hydrogens (tertiary/aromatic N) is 3. The Morgan fingerprint density at radius 1 is 1.25 bits per heavy atom. The molecule has 0 aliphatic carbocycles. The van der Waals surface area contributed by atoms with Crippen molar-refractivity contribution in [2.24, 2.45) is 4.99 Å². The highest BCUT2D eigenvalue weighted by Crippen LogP contribution is 2.16. The van der Waals surface area contributed by atoms with Crippen molar-refractivity contribution in [1.82, 2.24) is 15.6 Å². The highest BCUT2D eigenvalue weighted by atomic mass is 32.1. The van der Waals surface area contributed by atoms with Gasteiger partial charge in [-0.1, -0.05) is 12.1 Å². The molecule has 0 saturated carbocycles. The SMILES string of the molecule is CN=C(NCCc1nc(C)c(C)s1)NCc1cccc(N(C)C)c1. The van der Waals surface area contributed by atoms with Crippen LogP contribution in [0.1, 0.15) is 21.1 Å². The van der Waals surface area contributed by atoms with Gasteiger partial charge in [-0.2, -0.15) is 0 Å². The number of nitrogens with one attached hydrogen (secondary N) is 2. The summed E-state index contributed by atoms with van der Waals surface area (Å²) in [6, 6.07) is 8.49. The molecule has 0 spiro atoms. The van der Waals surface area contributed by atoms with Crippen LogP contribution in [0.2, 0.25) is 0 Å². The molecule has 1 aromatic carbocycles. The summed E-state index contributed by atoms with van der Waals surface area (Å²) < 4.78 is 0. The van der Waals surface area contributed by atoms with E-state index in [2.05, 4.69) is 77.7 Å². The molecule has 2 aromatic rings. The van der Waals surface area contributed by atoms with E-state index in [9.17, 15) is 0 Å². The predicted molar refractivity (Wildman–Crippen MR) is 104 cm³/mol. The quantitative estimate of drug-likeness (QED) is 0.624. The van der Waals surface area contributed by atoms with Crippen LogP contribution in [-0.2, 0) is 13.0 Å². The smallest absolute Gasteiger partial charge is 0.191 e. The molecule has 130 valence electrons. The minimum absolute atomic E-state index is 0.747. The van der Waals surface area contributed by atoms with E-state index < -0.39 is 0 Å². The minimum Gasteiger partial charge on any atom is -0.378 e. The van der Waals surface area contributed by atoms with Crippen molar-refractivity contribution in [2.75, 3.05) is 32.6 Å². The first-order valence-electron chi connectivity index (χ1n) is 8.13. The molecule has 0 aliphatic heterocycles. The van der Waals surface area contributed by atoms with E-state index in [4.69, 9.17) is 0 Å². The molecule has 0 atom stereocenters. The van der Waals surface area contributed by atoms with Crippen molar-refractivity contribution in [1.29, 1.82) is 0 Å². The second-order valence-corrected chi connectivity index (χ2v) is 7.20. The zero-order valence-electron chi connectivity index (χ0n) is 15.2. The standard InChI is InChI=1S/C18H27N5S/c1-13-14(2)24-17(22-13)9-10-20-18(19-3)21-12-15-7-6-8-16(11-15)23(4)5/h6-8,11H,9-10,12H2,1-5H3,(H2,19,20,21). The number of aromatic nitrogens is 1. The van der Waals surface area contributed by atoms with Crippen LogP contribution < -0.4 is 15.5 Å². The Kier molecular flexibility index (Phi) is 6.61. The molecule has 24 heavy (non-hydrogen) atoms. The zero-order chi connectivity index (χ0) is 17.5. The average molecular weight is 346 g/mol. The lowest BCUT2D eigenvalue weighted by Gasteiger charge is -2.15. The molecule has 1 aromatic heterocycles. The average Bonchev–Trinajstić information content (AvgIpc) is 2.89. The van der Waals surface area contributed by atoms with E-state index in [-0.39, 0.29) is 0 Å². The number of aliphatic imine (C=N–C) groups is 1. The summed E-state index contributed by atoms with van der Waals surface area (Å²) in [6.07, 6.45) is 0.913. The van der Waals surface area contributed by atoms with E-state index in [0.29, 0.717) is 0 Å². The summed E-state index contributed by atoms with van der Waals surface area (Å²) in [4.78, 5) is 12.3. The van der Waals surface area contributed by atoms with Crippen LogP contribution in [0.15, 0.2) is 29.3 Å². The van der Waals surface area contributed by atoms with Crippen LogP contribution in [0.3, 0.4) is 0 Å². The molecule has 0 unspecified atom stereocenters. The maximum absolute atomic E-state index is 4.57. The van der Waals surface area contributed by atoms with Crippen LogP contribution in [0.4, 0.5) is 5.69 Å². The Balaban J connectivity index is 1.81. The van der Waals surface area contributed by atoms with Gasteiger partial charge in [0.05, 0.1) is 10.7 Å². The molecule has 0 radical (unpaired) electrons. The lowest BCUT2D eigenvalue weighted by Crippen LogP contribution is -2.37. The number of anilines is 1. The summed E-state index contributed by atoms with van der Waals surface area (Å²) in [6.45, 7) is 5.75. The van der Waals surface area contributed by atoms with E-state index in [0.717, 1.165) is 31.2 Å². The Morgan fingerprint density at radius 2 is 2.04 bits per heavy atom. The largest absolute Gasteiger partial charge is 0.378 e. The number of benzene rings is 1. The second-order valence-electron chi connectivity index (χ2n) is 5.92. The first-order valence-corrected chi connectivity index (χ1v) is 8.95. The first-order chi connectivity index (χ1) is 11.5.